The molecule has 1 aromatic heterocycles. The summed E-state index contributed by atoms with van der Waals surface area (Å²) in [5.41, 5.74) is 0. The predicted molar refractivity (Wildman–Crippen MR) is 61.4 cm³/mol. The molecule has 0 saturated carbocycles. The zero-order chi connectivity index (χ0) is 12.7. The van der Waals surface area contributed by atoms with Crippen LogP contribution in [0.4, 0.5) is 0 Å². The van der Waals surface area contributed by atoms with Gasteiger partial charge >= 0.3 is 5.97 Å². The first kappa shape index (κ1) is 13.6. The van der Waals surface area contributed by atoms with Crippen molar-refractivity contribution in [2.45, 2.75) is 39.7 Å². The van der Waals surface area contributed by atoms with E-state index in [0.29, 0.717) is 31.3 Å². The van der Waals surface area contributed by atoms with Crippen LogP contribution in [-0.2, 0) is 17.8 Å². The zero-order valence-electron chi connectivity index (χ0n) is 10.3. The summed E-state index contributed by atoms with van der Waals surface area (Å²) in [6, 6.07) is 0. The maximum atomic E-state index is 10.3. The molecule has 0 bridgehead atoms. The van der Waals surface area contributed by atoms with Crippen LogP contribution < -0.4 is 5.32 Å². The van der Waals surface area contributed by atoms with Gasteiger partial charge in [0.25, 0.3) is 0 Å². The first-order chi connectivity index (χ1) is 8.08. The van der Waals surface area contributed by atoms with Crippen molar-refractivity contribution in [3.8, 4) is 0 Å². The van der Waals surface area contributed by atoms with Crippen LogP contribution in [0.2, 0.25) is 0 Å². The first-order valence-electron chi connectivity index (χ1n) is 5.82. The van der Waals surface area contributed by atoms with E-state index in [0.717, 1.165) is 12.2 Å². The van der Waals surface area contributed by atoms with E-state index in [-0.39, 0.29) is 6.42 Å². The molecule has 1 rings (SSSR count). The number of hydrogen-bond donors (Lipinski definition) is 2. The molecule has 6 heteroatoms. The monoisotopic (exact) mass is 241 g/mol. The van der Waals surface area contributed by atoms with E-state index in [1.54, 1.807) is 0 Å². The van der Waals surface area contributed by atoms with E-state index in [2.05, 4.69) is 29.3 Å². The minimum atomic E-state index is -0.774. The van der Waals surface area contributed by atoms with Gasteiger partial charge in [0.2, 0.25) is 5.89 Å². The normalized spacial score (nSPS) is 11.0. The molecule has 1 aromatic rings. The van der Waals surface area contributed by atoms with Gasteiger partial charge in [0.05, 0.1) is 6.54 Å². The number of carboxylic acid groups (broad SMARTS) is 1. The van der Waals surface area contributed by atoms with Gasteiger partial charge in [-0.25, -0.2) is 0 Å². The van der Waals surface area contributed by atoms with E-state index >= 15 is 0 Å². The Labute approximate surface area is 100 Å². The third kappa shape index (κ3) is 6.01. The third-order valence-electron chi connectivity index (χ3n) is 2.12. The summed E-state index contributed by atoms with van der Waals surface area (Å²) in [6.07, 6.45) is 1.58. The highest BCUT2D eigenvalue weighted by Gasteiger charge is 2.07. The molecule has 2 N–H and O–H groups in total. The Morgan fingerprint density at radius 3 is 2.94 bits per heavy atom. The van der Waals surface area contributed by atoms with Crippen LogP contribution in [0.5, 0.6) is 0 Å². The molecule has 0 amide bonds. The average molecular weight is 241 g/mol. The molecule has 0 aliphatic carbocycles. The van der Waals surface area contributed by atoms with Crippen molar-refractivity contribution in [3.05, 3.63) is 11.7 Å². The summed E-state index contributed by atoms with van der Waals surface area (Å²) in [5.74, 6) is 1.01. The number of carbonyl (C=O) groups is 1. The number of rotatable bonds is 8. The fourth-order valence-corrected chi connectivity index (χ4v) is 1.37. The van der Waals surface area contributed by atoms with Crippen LogP contribution in [-0.4, -0.2) is 27.8 Å². The number of aromatic nitrogens is 2. The van der Waals surface area contributed by atoms with Crippen molar-refractivity contribution < 1.29 is 14.4 Å². The van der Waals surface area contributed by atoms with Crippen LogP contribution in [0.1, 0.15) is 38.4 Å². The molecule has 0 saturated heterocycles. The standard InChI is InChI=1S/C11H19N3O3/c1-8(2)6-9-13-10(17-14-9)7-12-5-3-4-11(15)16/h8,12H,3-7H2,1-2H3,(H,15,16). The summed E-state index contributed by atoms with van der Waals surface area (Å²) >= 11 is 0. The fraction of sp³-hybridized carbons (Fsp3) is 0.727. The number of aliphatic carboxylic acids is 1. The molecule has 0 spiro atoms. The van der Waals surface area contributed by atoms with Crippen LogP contribution >= 0.6 is 0 Å². The molecule has 1 heterocycles. The van der Waals surface area contributed by atoms with Crippen LogP contribution in [0.25, 0.3) is 0 Å². The van der Waals surface area contributed by atoms with E-state index in [1.165, 1.54) is 0 Å². The van der Waals surface area contributed by atoms with E-state index < -0.39 is 5.97 Å². The third-order valence-corrected chi connectivity index (χ3v) is 2.12. The fourth-order valence-electron chi connectivity index (χ4n) is 1.37. The van der Waals surface area contributed by atoms with Gasteiger partial charge in [-0.2, -0.15) is 4.98 Å². The zero-order valence-corrected chi connectivity index (χ0v) is 10.3. The molecule has 0 atom stereocenters. The number of hydrogen-bond acceptors (Lipinski definition) is 5. The summed E-state index contributed by atoms with van der Waals surface area (Å²) in [6.45, 7) is 5.32. The second-order valence-electron chi connectivity index (χ2n) is 4.38. The lowest BCUT2D eigenvalue weighted by Crippen LogP contribution is -2.16. The summed E-state index contributed by atoms with van der Waals surface area (Å²) < 4.78 is 5.05. The van der Waals surface area contributed by atoms with Gasteiger partial charge < -0.3 is 14.9 Å². The second kappa shape index (κ2) is 7.01. The lowest BCUT2D eigenvalue weighted by atomic mass is 10.1. The topological polar surface area (TPSA) is 88.2 Å². The number of carboxylic acids is 1. The highest BCUT2D eigenvalue weighted by atomic mass is 16.5. The first-order valence-corrected chi connectivity index (χ1v) is 5.82. The molecular weight excluding hydrogens is 222 g/mol. The Balaban J connectivity index is 2.18. The van der Waals surface area contributed by atoms with Gasteiger partial charge in [0.1, 0.15) is 0 Å². The minimum Gasteiger partial charge on any atom is -0.481 e. The van der Waals surface area contributed by atoms with Crippen molar-refractivity contribution >= 4 is 5.97 Å². The van der Waals surface area contributed by atoms with Crippen LogP contribution in [0.15, 0.2) is 4.52 Å². The molecule has 0 radical (unpaired) electrons. The van der Waals surface area contributed by atoms with Gasteiger partial charge in [0.15, 0.2) is 5.82 Å². The predicted octanol–water partition coefficient (Wildman–Crippen LogP) is 1.22. The highest BCUT2D eigenvalue weighted by molar-refractivity contribution is 5.66. The lowest BCUT2D eigenvalue weighted by molar-refractivity contribution is -0.137. The minimum absolute atomic E-state index is 0.176. The van der Waals surface area contributed by atoms with Gasteiger partial charge in [-0.1, -0.05) is 19.0 Å². The van der Waals surface area contributed by atoms with Crippen molar-refractivity contribution in [2.75, 3.05) is 6.54 Å². The SMILES string of the molecule is CC(C)Cc1noc(CNCCCC(=O)O)n1. The van der Waals surface area contributed by atoms with Gasteiger partial charge in [0, 0.05) is 12.8 Å². The Kier molecular flexibility index (Phi) is 5.62. The molecule has 17 heavy (non-hydrogen) atoms. The van der Waals surface area contributed by atoms with Gasteiger partial charge in [-0.3, -0.25) is 4.79 Å². The maximum Gasteiger partial charge on any atom is 0.303 e. The molecule has 0 unspecified atom stereocenters. The maximum absolute atomic E-state index is 10.3. The molecule has 0 aromatic carbocycles. The molecular formula is C11H19N3O3. The van der Waals surface area contributed by atoms with E-state index in [4.69, 9.17) is 9.63 Å². The lowest BCUT2D eigenvalue weighted by Gasteiger charge is -1.99. The van der Waals surface area contributed by atoms with Crippen LogP contribution in [0, 0.1) is 5.92 Å². The van der Waals surface area contributed by atoms with E-state index in [1.807, 2.05) is 0 Å². The second-order valence-corrected chi connectivity index (χ2v) is 4.38. The quantitative estimate of drug-likeness (QED) is 0.665. The summed E-state index contributed by atoms with van der Waals surface area (Å²) in [5, 5.41) is 15.4. The largest absolute Gasteiger partial charge is 0.481 e. The Morgan fingerprint density at radius 2 is 2.29 bits per heavy atom. The van der Waals surface area contributed by atoms with E-state index in [9.17, 15) is 4.79 Å². The molecule has 0 aliphatic heterocycles. The van der Waals surface area contributed by atoms with Crippen molar-refractivity contribution in [2.24, 2.45) is 5.92 Å². The van der Waals surface area contributed by atoms with Crippen molar-refractivity contribution in [1.29, 1.82) is 0 Å². The summed E-state index contributed by atoms with van der Waals surface area (Å²) in [4.78, 5) is 14.5. The molecule has 6 nitrogen and oxygen atoms in total. The Morgan fingerprint density at radius 1 is 1.53 bits per heavy atom. The number of nitrogens with zero attached hydrogens (tertiary/aromatic N) is 2. The highest BCUT2D eigenvalue weighted by Crippen LogP contribution is 2.04. The number of nitrogens with one attached hydrogen (secondary N) is 1. The smallest absolute Gasteiger partial charge is 0.303 e. The molecule has 96 valence electrons. The average Bonchev–Trinajstić information content (AvgIpc) is 2.63. The molecule has 0 fully saturated rings. The Bertz CT molecular complexity index is 349. The molecule has 0 aliphatic rings. The van der Waals surface area contributed by atoms with Crippen LogP contribution in [0.3, 0.4) is 0 Å². The van der Waals surface area contributed by atoms with Crippen molar-refractivity contribution in [3.63, 3.8) is 0 Å². The van der Waals surface area contributed by atoms with Gasteiger partial charge in [-0.15, -0.1) is 0 Å². The summed E-state index contributed by atoms with van der Waals surface area (Å²) in [7, 11) is 0. The van der Waals surface area contributed by atoms with Crippen molar-refractivity contribution in [1.82, 2.24) is 15.5 Å². The Hall–Kier alpha value is -1.43. The van der Waals surface area contributed by atoms with Gasteiger partial charge in [-0.05, 0) is 18.9 Å².